The Morgan fingerprint density at radius 1 is 1.43 bits per heavy atom. The van der Waals surface area contributed by atoms with Crippen LogP contribution in [-0.4, -0.2) is 46.5 Å². The number of rotatable bonds is 6. The van der Waals surface area contributed by atoms with Crippen LogP contribution in [0.2, 0.25) is 0 Å². The fourth-order valence-electron chi connectivity index (χ4n) is 0.547. The summed E-state index contributed by atoms with van der Waals surface area (Å²) in [5, 5.41) is 26.0. The molecule has 0 bridgehead atoms. The first-order chi connectivity index (χ1) is 6.25. The van der Waals surface area contributed by atoms with Crippen molar-refractivity contribution in [2.45, 2.75) is 5.60 Å². The van der Waals surface area contributed by atoms with E-state index in [1.165, 1.54) is 0 Å². The normalized spacial score (nSPS) is 16.4. The third-order valence-corrected chi connectivity index (χ3v) is 1.83. The number of phosphoric acid groups is 1. The molecule has 0 spiro atoms. The van der Waals surface area contributed by atoms with E-state index in [0.717, 1.165) is 0 Å². The molecule has 0 aromatic heterocycles. The molecule has 0 heterocycles. The maximum atomic E-state index is 10.7. The highest BCUT2D eigenvalue weighted by Crippen LogP contribution is 2.26. The highest BCUT2D eigenvalue weighted by Gasteiger charge is 2.35. The van der Waals surface area contributed by atoms with Gasteiger partial charge in [0, 0.05) is 0 Å². The number of hydrogen-bond donors (Lipinski definition) is 3. The molecule has 0 radical (unpaired) electrons. The summed E-state index contributed by atoms with van der Waals surface area (Å²) in [5.74, 6) is -1.24. The van der Waals surface area contributed by atoms with E-state index in [4.69, 9.17) is 15.3 Å². The zero-order valence-electron chi connectivity index (χ0n) is 6.95. The second-order valence-electron chi connectivity index (χ2n) is 2.49. The lowest BCUT2D eigenvalue weighted by molar-refractivity contribution is -0.343. The van der Waals surface area contributed by atoms with E-state index in [9.17, 15) is 19.1 Å². The molecular formula is C5H9O8P-2. The van der Waals surface area contributed by atoms with Gasteiger partial charge in [-0.2, -0.15) is 0 Å². The SMILES string of the molecule is O=C(CO)C(O)(CO)COP(=O)([O-])[O-]. The minimum absolute atomic E-state index is 1.11. The van der Waals surface area contributed by atoms with Crippen molar-refractivity contribution in [1.82, 2.24) is 0 Å². The van der Waals surface area contributed by atoms with Crippen LogP contribution in [0.25, 0.3) is 0 Å². The van der Waals surface area contributed by atoms with Gasteiger partial charge in [-0.05, 0) is 0 Å². The van der Waals surface area contributed by atoms with E-state index in [-0.39, 0.29) is 0 Å². The molecule has 8 nitrogen and oxygen atoms in total. The number of carbonyl (C=O) groups excluding carboxylic acids is 1. The van der Waals surface area contributed by atoms with Gasteiger partial charge in [-0.1, -0.05) is 0 Å². The smallest absolute Gasteiger partial charge is 0.194 e. The van der Waals surface area contributed by atoms with Gasteiger partial charge in [0.05, 0.1) is 21.0 Å². The van der Waals surface area contributed by atoms with E-state index >= 15 is 0 Å². The van der Waals surface area contributed by atoms with Gasteiger partial charge < -0.3 is 34.2 Å². The summed E-state index contributed by atoms with van der Waals surface area (Å²) in [6.07, 6.45) is 0. The Bertz CT molecular complexity index is 246. The van der Waals surface area contributed by atoms with E-state index in [2.05, 4.69) is 4.52 Å². The largest absolute Gasteiger partial charge is 0.790 e. The maximum Gasteiger partial charge on any atom is 0.194 e. The first kappa shape index (κ1) is 13.7. The predicted molar refractivity (Wildman–Crippen MR) is 37.7 cm³/mol. The molecule has 0 amide bonds. The number of aliphatic hydroxyl groups is 3. The minimum Gasteiger partial charge on any atom is -0.790 e. The molecule has 0 saturated carbocycles. The summed E-state index contributed by atoms with van der Waals surface area (Å²) in [7, 11) is -5.33. The molecule has 0 fully saturated rings. The van der Waals surface area contributed by atoms with E-state index < -0.39 is 39.0 Å². The first-order valence-corrected chi connectivity index (χ1v) is 4.85. The summed E-state index contributed by atoms with van der Waals surface area (Å²) in [4.78, 5) is 30.7. The zero-order chi connectivity index (χ0) is 11.4. The van der Waals surface area contributed by atoms with E-state index in [1.54, 1.807) is 0 Å². The van der Waals surface area contributed by atoms with Crippen molar-refractivity contribution < 1.29 is 39.0 Å². The van der Waals surface area contributed by atoms with Crippen molar-refractivity contribution in [3.8, 4) is 0 Å². The molecule has 84 valence electrons. The van der Waals surface area contributed by atoms with Crippen LogP contribution in [-0.2, 0) is 13.9 Å². The lowest BCUT2D eigenvalue weighted by Crippen LogP contribution is -2.48. The molecule has 0 rings (SSSR count). The van der Waals surface area contributed by atoms with Crippen LogP contribution in [0.1, 0.15) is 0 Å². The summed E-state index contributed by atoms with van der Waals surface area (Å²) >= 11 is 0. The Morgan fingerprint density at radius 2 is 1.93 bits per heavy atom. The van der Waals surface area contributed by atoms with Crippen LogP contribution >= 0.6 is 7.82 Å². The van der Waals surface area contributed by atoms with Crippen molar-refractivity contribution >= 4 is 13.6 Å². The van der Waals surface area contributed by atoms with Gasteiger partial charge in [-0.3, -0.25) is 4.79 Å². The van der Waals surface area contributed by atoms with Gasteiger partial charge in [0.1, 0.15) is 6.61 Å². The van der Waals surface area contributed by atoms with Gasteiger partial charge in [-0.15, -0.1) is 0 Å². The third kappa shape index (κ3) is 4.25. The molecule has 0 aromatic carbocycles. The van der Waals surface area contributed by atoms with Gasteiger partial charge >= 0.3 is 0 Å². The standard InChI is InChI=1S/C5H11O8P/c6-1-4(8)5(9,2-7)3-13-14(10,11)12/h6-7,9H,1-3H2,(H2,10,11,12)/p-2. The number of carbonyl (C=O) groups is 1. The number of Topliss-reactive ketones (excluding diaryl/α,β-unsaturated/α-hetero) is 1. The highest BCUT2D eigenvalue weighted by molar-refractivity contribution is 7.43. The molecule has 0 saturated heterocycles. The van der Waals surface area contributed by atoms with E-state index in [0.29, 0.717) is 0 Å². The van der Waals surface area contributed by atoms with Crippen molar-refractivity contribution in [2.24, 2.45) is 0 Å². The average molecular weight is 228 g/mol. The van der Waals surface area contributed by atoms with Crippen LogP contribution in [0, 0.1) is 0 Å². The summed E-state index contributed by atoms with van der Waals surface area (Å²) in [5.41, 5.74) is -2.57. The van der Waals surface area contributed by atoms with Crippen molar-refractivity contribution in [1.29, 1.82) is 0 Å². The summed E-state index contributed by atoms with van der Waals surface area (Å²) in [6, 6.07) is 0. The van der Waals surface area contributed by atoms with Gasteiger partial charge in [0.25, 0.3) is 0 Å². The lowest BCUT2D eigenvalue weighted by Gasteiger charge is -2.32. The number of ketones is 1. The topological polar surface area (TPSA) is 150 Å². The Hall–Kier alpha value is -0.340. The second-order valence-corrected chi connectivity index (χ2v) is 3.64. The Morgan fingerprint density at radius 3 is 2.21 bits per heavy atom. The summed E-state index contributed by atoms with van der Waals surface area (Å²) in [6.45, 7) is -3.48. The first-order valence-electron chi connectivity index (χ1n) is 3.39. The quantitative estimate of drug-likeness (QED) is 0.390. The third-order valence-electron chi connectivity index (χ3n) is 1.39. The van der Waals surface area contributed by atoms with Crippen molar-refractivity contribution in [2.75, 3.05) is 19.8 Å². The van der Waals surface area contributed by atoms with Crippen molar-refractivity contribution in [3.05, 3.63) is 0 Å². The Kier molecular flexibility index (Phi) is 4.82. The molecule has 0 aliphatic carbocycles. The van der Waals surface area contributed by atoms with Crippen LogP contribution in [0.5, 0.6) is 0 Å². The predicted octanol–water partition coefficient (Wildman–Crippen LogP) is -3.88. The average Bonchev–Trinajstić information content (AvgIpc) is 2.11. The van der Waals surface area contributed by atoms with Gasteiger partial charge in [0.15, 0.2) is 11.4 Å². The molecule has 1 atom stereocenters. The zero-order valence-corrected chi connectivity index (χ0v) is 7.85. The second kappa shape index (κ2) is 4.94. The highest BCUT2D eigenvalue weighted by atomic mass is 31.2. The molecule has 0 aliphatic rings. The molecule has 3 N–H and O–H groups in total. The van der Waals surface area contributed by atoms with Crippen LogP contribution in [0.3, 0.4) is 0 Å². The monoisotopic (exact) mass is 228 g/mol. The van der Waals surface area contributed by atoms with E-state index in [1.807, 2.05) is 0 Å². The Balaban J connectivity index is 4.42. The van der Waals surface area contributed by atoms with Gasteiger partial charge in [0.2, 0.25) is 0 Å². The molecule has 0 aromatic rings. The Labute approximate surface area is 79.0 Å². The maximum absolute atomic E-state index is 10.7. The lowest BCUT2D eigenvalue weighted by atomic mass is 10.0. The van der Waals surface area contributed by atoms with Crippen molar-refractivity contribution in [3.63, 3.8) is 0 Å². The number of hydrogen-bond acceptors (Lipinski definition) is 8. The molecule has 14 heavy (non-hydrogen) atoms. The fourth-order valence-corrected chi connectivity index (χ4v) is 0.919. The molecule has 9 heteroatoms. The van der Waals surface area contributed by atoms with Crippen LogP contribution in [0.4, 0.5) is 0 Å². The summed E-state index contributed by atoms with van der Waals surface area (Å²) < 4.78 is 13.6. The molecular weight excluding hydrogens is 219 g/mol. The number of aliphatic hydroxyl groups excluding tert-OH is 2. The molecule has 1 unspecified atom stereocenters. The van der Waals surface area contributed by atoms with Crippen LogP contribution in [0.15, 0.2) is 0 Å². The fraction of sp³-hybridized carbons (Fsp3) is 0.800. The minimum atomic E-state index is -5.33. The molecule has 0 aliphatic heterocycles. The number of phosphoric ester groups is 1. The van der Waals surface area contributed by atoms with Crippen LogP contribution < -0.4 is 9.79 Å². The van der Waals surface area contributed by atoms with Gasteiger partial charge in [-0.25, -0.2) is 0 Å².